The van der Waals surface area contributed by atoms with Crippen molar-refractivity contribution in [3.05, 3.63) is 112 Å². The third-order valence-corrected chi connectivity index (χ3v) is 15.4. The van der Waals surface area contributed by atoms with Crippen LogP contribution in [-0.4, -0.2) is 79.9 Å². The molecule has 0 saturated carbocycles. The average Bonchev–Trinajstić information content (AvgIpc) is 4.00. The second-order valence-corrected chi connectivity index (χ2v) is 21.6. The third-order valence-electron chi connectivity index (χ3n) is 14.5. The summed E-state index contributed by atoms with van der Waals surface area (Å²) in [6.07, 6.45) is 1.81. The van der Waals surface area contributed by atoms with Crippen LogP contribution in [0.5, 0.6) is 0 Å². The van der Waals surface area contributed by atoms with Crippen LogP contribution in [0.1, 0.15) is 113 Å². The van der Waals surface area contributed by atoms with Gasteiger partial charge in [-0.2, -0.15) is 0 Å². The highest BCUT2D eigenvalue weighted by Crippen LogP contribution is 2.43. The summed E-state index contributed by atoms with van der Waals surface area (Å²) in [4.78, 5) is 28.7. The van der Waals surface area contributed by atoms with Crippen LogP contribution in [0.25, 0.3) is 0 Å². The topological polar surface area (TPSA) is 120 Å². The summed E-state index contributed by atoms with van der Waals surface area (Å²) < 4.78 is 37.2. The van der Waals surface area contributed by atoms with Crippen LogP contribution in [0.4, 0.5) is 32.3 Å². The predicted octanol–water partition coefficient (Wildman–Crippen LogP) is 11.1. The second-order valence-electron chi connectivity index (χ2n) is 20.8. The lowest BCUT2D eigenvalue weighted by atomic mass is 9.49. The largest absolute Gasteiger partial charge is 0.495 e. The first-order valence-electron chi connectivity index (χ1n) is 23.0. The molecule has 0 unspecified atom stereocenters. The fourth-order valence-electron chi connectivity index (χ4n) is 8.19. The van der Waals surface area contributed by atoms with Gasteiger partial charge in [0.15, 0.2) is 0 Å². The molecule has 0 radical (unpaired) electrons. The first-order chi connectivity index (χ1) is 30.7. The molecule has 2 N–H and O–H groups in total. The van der Waals surface area contributed by atoms with Gasteiger partial charge in [0.25, 0.3) is 0 Å². The number of fused-ring (bicyclic) bond motifs is 2. The fraction of sp³-hybridized carbons (Fsp3) is 0.490. The Labute approximate surface area is 409 Å². The number of carbonyl (C=O) groups is 2. The number of benzene rings is 4. The number of nitrogens with zero attached hydrogens (tertiary/aromatic N) is 2. The standard InChI is InChI=1S/C22H27BN2O3.C16H15BrN2O.C12H24B2O4.CH4/c1-15-14-17(10-11-18(15)23-27-21(2,3)22(4,5)28-23)24-20(26)25-13-12-16-8-6-7-9-19(16)25;1-11-10-13(6-7-14(11)17)18-16(20)19-9-8-12-4-2-3-5-15(12)19;1-9(2)10(3,4)16-13(15-9)14-17-11(5,6)12(7,8)18-14;/h6-11,14H,12-13H2,1-5H3,(H,24,26);2-7,10H,8-9H2,1H3,(H,18,20);1-8H3;1H4. The van der Waals surface area contributed by atoms with E-state index in [0.717, 1.165) is 63.2 Å². The van der Waals surface area contributed by atoms with Gasteiger partial charge < -0.3 is 38.6 Å². The monoisotopic (exact) mass is 978 g/mol. The lowest BCUT2D eigenvalue weighted by Crippen LogP contribution is -2.41. The zero-order valence-electron chi connectivity index (χ0n) is 41.2. The van der Waals surface area contributed by atoms with Gasteiger partial charge in [-0.25, -0.2) is 9.59 Å². The first kappa shape index (κ1) is 52.2. The van der Waals surface area contributed by atoms with Crippen molar-refractivity contribution in [2.24, 2.45) is 0 Å². The molecular weight excluding hydrogens is 909 g/mol. The van der Waals surface area contributed by atoms with Gasteiger partial charge in [0.05, 0.1) is 33.6 Å². The number of aryl methyl sites for hydroxylation is 2. The van der Waals surface area contributed by atoms with Gasteiger partial charge in [0.2, 0.25) is 0 Å². The molecule has 16 heteroatoms. The molecule has 9 rings (SSSR count). The zero-order chi connectivity index (χ0) is 48.2. The van der Waals surface area contributed by atoms with E-state index in [1.807, 2.05) is 170 Å². The molecule has 4 aromatic carbocycles. The number of hydrogen-bond donors (Lipinski definition) is 2. The molecule has 12 nitrogen and oxygen atoms in total. The number of anilines is 4. The first-order valence-corrected chi connectivity index (χ1v) is 23.8. The van der Waals surface area contributed by atoms with Gasteiger partial charge >= 0.3 is 33.2 Å². The molecule has 3 fully saturated rings. The van der Waals surface area contributed by atoms with Crippen molar-refractivity contribution >= 4 is 77.3 Å². The quantitative estimate of drug-likeness (QED) is 0.194. The summed E-state index contributed by atoms with van der Waals surface area (Å²) in [6, 6.07) is 27.6. The molecule has 5 heterocycles. The van der Waals surface area contributed by atoms with Crippen LogP contribution in [-0.2, 0) is 40.8 Å². The van der Waals surface area contributed by atoms with E-state index < -0.39 is 21.1 Å². The molecule has 358 valence electrons. The Morgan fingerprint density at radius 1 is 0.522 bits per heavy atom. The van der Waals surface area contributed by atoms with Crippen molar-refractivity contribution in [2.45, 2.75) is 151 Å². The lowest BCUT2D eigenvalue weighted by molar-refractivity contribution is 0.00578. The van der Waals surface area contributed by atoms with Crippen molar-refractivity contribution in [3.63, 3.8) is 0 Å². The molecular formula is C51H70B3BrN4O8. The number of urea groups is 2. The SMILES string of the molecule is C.CC1(C)OB(B2OC(C)(C)C(C)(C)O2)OC1(C)C.Cc1cc(NC(=O)N2CCc3ccccc32)ccc1B1OC(C)(C)C(C)(C)O1.Cc1cc(NC(=O)N2CCc3ccccc32)ccc1Br. The van der Waals surface area contributed by atoms with Gasteiger partial charge in [-0.3, -0.25) is 9.80 Å². The molecule has 4 aromatic rings. The predicted molar refractivity (Wildman–Crippen MR) is 278 cm³/mol. The number of nitrogens with one attached hydrogen (secondary N) is 2. The minimum Gasteiger partial charge on any atom is -0.405 e. The number of hydrogen-bond acceptors (Lipinski definition) is 8. The van der Waals surface area contributed by atoms with Gasteiger partial charge in [-0.15, -0.1) is 0 Å². The van der Waals surface area contributed by atoms with E-state index in [9.17, 15) is 9.59 Å². The summed E-state index contributed by atoms with van der Waals surface area (Å²) in [6.45, 7) is 29.9. The Balaban J connectivity index is 0.000000170. The van der Waals surface area contributed by atoms with Crippen LogP contribution in [0, 0.1) is 13.8 Å². The summed E-state index contributed by atoms with van der Waals surface area (Å²) in [5.74, 6) is 0. The molecule has 67 heavy (non-hydrogen) atoms. The number of amides is 4. The van der Waals surface area contributed by atoms with Crippen molar-refractivity contribution in [1.82, 2.24) is 0 Å². The van der Waals surface area contributed by atoms with Gasteiger partial charge in [-0.05, 0) is 180 Å². The Morgan fingerprint density at radius 2 is 0.881 bits per heavy atom. The van der Waals surface area contributed by atoms with Gasteiger partial charge in [-0.1, -0.05) is 65.8 Å². The van der Waals surface area contributed by atoms with Crippen molar-refractivity contribution in [1.29, 1.82) is 0 Å². The average molecular weight is 979 g/mol. The van der Waals surface area contributed by atoms with Crippen molar-refractivity contribution < 1.29 is 37.5 Å². The molecule has 0 atom stereocenters. The Kier molecular flexibility index (Phi) is 15.1. The summed E-state index contributed by atoms with van der Waals surface area (Å²) in [5.41, 5.74) is 6.97. The highest BCUT2D eigenvalue weighted by molar-refractivity contribution is 9.10. The van der Waals surface area contributed by atoms with Crippen LogP contribution >= 0.6 is 15.9 Å². The van der Waals surface area contributed by atoms with Gasteiger partial charge in [0.1, 0.15) is 0 Å². The number of para-hydroxylation sites is 2. The van der Waals surface area contributed by atoms with E-state index in [1.165, 1.54) is 11.1 Å². The number of carbonyl (C=O) groups excluding carboxylic acids is 2. The van der Waals surface area contributed by atoms with Crippen LogP contribution in [0.3, 0.4) is 0 Å². The van der Waals surface area contributed by atoms with E-state index in [-0.39, 0.29) is 53.1 Å². The molecule has 0 spiro atoms. The molecule has 4 amide bonds. The molecule has 0 aromatic heterocycles. The normalized spacial score (nSPS) is 20.7. The highest BCUT2D eigenvalue weighted by atomic mass is 79.9. The molecule has 5 aliphatic heterocycles. The van der Waals surface area contributed by atoms with Crippen LogP contribution in [0.15, 0.2) is 89.4 Å². The van der Waals surface area contributed by atoms with Crippen LogP contribution < -0.4 is 25.9 Å². The maximum Gasteiger partial charge on any atom is 0.495 e. The number of rotatable bonds is 4. The maximum absolute atomic E-state index is 12.8. The molecule has 0 bridgehead atoms. The second kappa shape index (κ2) is 19.3. The Hall–Kier alpha value is -4.15. The Morgan fingerprint density at radius 3 is 1.27 bits per heavy atom. The molecule has 0 aliphatic carbocycles. The van der Waals surface area contributed by atoms with Crippen LogP contribution in [0.2, 0.25) is 0 Å². The van der Waals surface area contributed by atoms with E-state index in [4.69, 9.17) is 27.9 Å². The highest BCUT2D eigenvalue weighted by Gasteiger charge is 2.63. The third kappa shape index (κ3) is 10.9. The van der Waals surface area contributed by atoms with E-state index >= 15 is 0 Å². The van der Waals surface area contributed by atoms with E-state index in [2.05, 4.69) is 38.7 Å². The van der Waals surface area contributed by atoms with Crippen molar-refractivity contribution in [3.8, 4) is 0 Å². The lowest BCUT2D eigenvalue weighted by Gasteiger charge is -2.32. The fourth-order valence-corrected chi connectivity index (χ4v) is 8.44. The summed E-state index contributed by atoms with van der Waals surface area (Å²) in [7, 11) is -1.35. The number of halogens is 1. The maximum atomic E-state index is 12.8. The Bertz CT molecular complexity index is 2380. The van der Waals surface area contributed by atoms with Gasteiger partial charge in [0, 0.05) is 40.3 Å². The minimum atomic E-state index is -0.476. The summed E-state index contributed by atoms with van der Waals surface area (Å²) in [5, 5.41) is 5.98. The molecule has 5 aliphatic rings. The summed E-state index contributed by atoms with van der Waals surface area (Å²) >= 11 is 3.46. The van der Waals surface area contributed by atoms with E-state index in [1.54, 1.807) is 9.80 Å². The smallest absolute Gasteiger partial charge is 0.405 e. The molecule has 3 saturated heterocycles. The zero-order valence-corrected chi connectivity index (χ0v) is 42.8. The van der Waals surface area contributed by atoms with E-state index in [0.29, 0.717) is 6.54 Å². The minimum absolute atomic E-state index is 0. The van der Waals surface area contributed by atoms with Crippen molar-refractivity contribution in [2.75, 3.05) is 33.5 Å².